The summed E-state index contributed by atoms with van der Waals surface area (Å²) in [7, 11) is 1.63. The summed E-state index contributed by atoms with van der Waals surface area (Å²) in [6.45, 7) is 1.65. The number of para-hydroxylation sites is 2. The third kappa shape index (κ3) is 7.85. The molecule has 45 heavy (non-hydrogen) atoms. The van der Waals surface area contributed by atoms with Crippen LogP contribution in [0.4, 0.5) is 27.5 Å². The fourth-order valence-corrected chi connectivity index (χ4v) is 5.07. The Balaban J connectivity index is 1.28. The molecule has 0 saturated carbocycles. The number of hydrogen-bond acceptors (Lipinski definition) is 5. The van der Waals surface area contributed by atoms with Gasteiger partial charge in [-0.3, -0.25) is 14.4 Å². The fraction of sp³-hybridized carbons (Fsp3) is 0.200. The molecule has 0 saturated heterocycles. The van der Waals surface area contributed by atoms with Gasteiger partial charge in [0, 0.05) is 42.4 Å². The van der Waals surface area contributed by atoms with Gasteiger partial charge in [0.25, 0.3) is 5.91 Å². The molecular formula is C35H35N5O5. The molecule has 0 fully saturated rings. The summed E-state index contributed by atoms with van der Waals surface area (Å²) in [4.78, 5) is 56.9. The highest BCUT2D eigenvalue weighted by molar-refractivity contribution is 6.05. The van der Waals surface area contributed by atoms with Crippen LogP contribution in [0.3, 0.4) is 0 Å². The summed E-state index contributed by atoms with van der Waals surface area (Å²) < 4.78 is 5.86. The fourth-order valence-electron chi connectivity index (χ4n) is 5.07. The second-order valence-electron chi connectivity index (χ2n) is 10.7. The molecule has 10 nitrogen and oxygen atoms in total. The number of carbonyl (C=O) groups excluding carboxylic acids is 4. The van der Waals surface area contributed by atoms with E-state index in [0.29, 0.717) is 29.4 Å². The van der Waals surface area contributed by atoms with Crippen LogP contribution in [0.2, 0.25) is 0 Å². The van der Waals surface area contributed by atoms with Crippen molar-refractivity contribution >= 4 is 46.5 Å². The Morgan fingerprint density at radius 3 is 2.36 bits per heavy atom. The van der Waals surface area contributed by atoms with E-state index in [1.54, 1.807) is 54.4 Å². The van der Waals surface area contributed by atoms with E-state index in [1.807, 2.05) is 67.6 Å². The Morgan fingerprint density at radius 2 is 1.56 bits per heavy atom. The number of fused-ring (bicyclic) bond motifs is 1. The minimum absolute atomic E-state index is 0.179. The number of ether oxygens (including phenoxy) is 1. The van der Waals surface area contributed by atoms with E-state index in [2.05, 4.69) is 10.6 Å². The number of carbonyl (C=O) groups is 4. The zero-order valence-electron chi connectivity index (χ0n) is 25.2. The average molecular weight is 606 g/mol. The number of likely N-dealkylation sites (N-methyl/N-ethyl adjacent to an activating group) is 1. The molecule has 0 atom stereocenters. The number of amides is 5. The van der Waals surface area contributed by atoms with E-state index in [-0.39, 0.29) is 31.5 Å². The normalized spacial score (nSPS) is 11.7. The lowest BCUT2D eigenvalue weighted by Crippen LogP contribution is -2.46. The van der Waals surface area contributed by atoms with Crippen LogP contribution in [-0.4, -0.2) is 57.0 Å². The van der Waals surface area contributed by atoms with Crippen LogP contribution in [0.5, 0.6) is 5.75 Å². The van der Waals surface area contributed by atoms with Crippen molar-refractivity contribution in [2.45, 2.75) is 13.3 Å². The van der Waals surface area contributed by atoms with E-state index < -0.39 is 11.9 Å². The maximum Gasteiger partial charge on any atom is 0.319 e. The Bertz CT molecular complexity index is 1690. The van der Waals surface area contributed by atoms with Crippen LogP contribution >= 0.6 is 0 Å². The van der Waals surface area contributed by atoms with Gasteiger partial charge in [0.15, 0.2) is 6.61 Å². The standard InChI is InChI=1S/C35H35N5O5/c1-25-10-8-12-27(20-25)37-35(44)36-22-32(41)40(23-33(42)38(2)28-13-4-3-5-14-28)29-15-9-16-30(21-29)45-24-34(43)39-19-18-26-11-6-7-17-31(26)39/h3-17,20-21H,18-19,22-24H2,1-2H3,(H2,36,37,44). The summed E-state index contributed by atoms with van der Waals surface area (Å²) in [5.74, 6) is -0.666. The van der Waals surface area contributed by atoms with Crippen LogP contribution in [-0.2, 0) is 20.8 Å². The third-order valence-electron chi connectivity index (χ3n) is 7.47. The largest absolute Gasteiger partial charge is 0.484 e. The van der Waals surface area contributed by atoms with Gasteiger partial charge in [-0.15, -0.1) is 0 Å². The summed E-state index contributed by atoms with van der Waals surface area (Å²) in [5, 5.41) is 5.29. The average Bonchev–Trinajstić information content (AvgIpc) is 3.49. The van der Waals surface area contributed by atoms with Gasteiger partial charge in [0.1, 0.15) is 12.3 Å². The second kappa shape index (κ2) is 14.2. The van der Waals surface area contributed by atoms with Crippen LogP contribution in [0, 0.1) is 6.92 Å². The molecule has 5 amide bonds. The van der Waals surface area contributed by atoms with Crippen LogP contribution < -0.4 is 30.1 Å². The molecule has 0 bridgehead atoms. The summed E-state index contributed by atoms with van der Waals surface area (Å²) >= 11 is 0. The molecule has 1 heterocycles. The van der Waals surface area contributed by atoms with Crippen molar-refractivity contribution in [1.82, 2.24) is 5.32 Å². The van der Waals surface area contributed by atoms with Crippen molar-refractivity contribution in [3.8, 4) is 5.75 Å². The van der Waals surface area contributed by atoms with Crippen LogP contribution in [0.1, 0.15) is 11.1 Å². The van der Waals surface area contributed by atoms with Crippen molar-refractivity contribution in [1.29, 1.82) is 0 Å². The first-order valence-corrected chi connectivity index (χ1v) is 14.6. The lowest BCUT2D eigenvalue weighted by atomic mass is 10.2. The topological polar surface area (TPSA) is 111 Å². The summed E-state index contributed by atoms with van der Waals surface area (Å²) in [6, 6.07) is 30.2. The number of nitrogens with zero attached hydrogens (tertiary/aromatic N) is 3. The van der Waals surface area contributed by atoms with Gasteiger partial charge in [0.2, 0.25) is 11.8 Å². The monoisotopic (exact) mass is 605 g/mol. The highest BCUT2D eigenvalue weighted by atomic mass is 16.5. The van der Waals surface area contributed by atoms with Crippen molar-refractivity contribution in [2.75, 3.05) is 53.3 Å². The molecule has 2 N–H and O–H groups in total. The third-order valence-corrected chi connectivity index (χ3v) is 7.47. The highest BCUT2D eigenvalue weighted by Gasteiger charge is 2.25. The lowest BCUT2D eigenvalue weighted by molar-refractivity contribution is -0.121. The highest BCUT2D eigenvalue weighted by Crippen LogP contribution is 2.28. The van der Waals surface area contributed by atoms with Crippen LogP contribution in [0.25, 0.3) is 0 Å². The molecule has 0 aliphatic carbocycles. The number of aryl methyl sites for hydroxylation is 1. The van der Waals surface area contributed by atoms with Crippen molar-refractivity contribution in [2.24, 2.45) is 0 Å². The number of rotatable bonds is 10. The molecule has 4 aromatic rings. The second-order valence-corrected chi connectivity index (χ2v) is 10.7. The summed E-state index contributed by atoms with van der Waals surface area (Å²) in [5.41, 5.74) is 4.63. The maximum atomic E-state index is 13.5. The predicted molar refractivity (Wildman–Crippen MR) is 175 cm³/mol. The van der Waals surface area contributed by atoms with E-state index in [4.69, 9.17) is 4.74 Å². The molecule has 1 aliphatic rings. The van der Waals surface area contributed by atoms with Gasteiger partial charge in [0.05, 0.1) is 6.54 Å². The van der Waals surface area contributed by atoms with Gasteiger partial charge in [-0.05, 0) is 66.9 Å². The Labute approximate surface area is 262 Å². The molecule has 4 aromatic carbocycles. The Morgan fingerprint density at radius 1 is 0.822 bits per heavy atom. The zero-order chi connectivity index (χ0) is 31.8. The Hall–Kier alpha value is -5.64. The first kappa shape index (κ1) is 30.8. The molecule has 0 unspecified atom stereocenters. The van der Waals surface area contributed by atoms with E-state index >= 15 is 0 Å². The molecule has 0 spiro atoms. The van der Waals surface area contributed by atoms with Crippen molar-refractivity contribution in [3.63, 3.8) is 0 Å². The number of nitrogens with one attached hydrogen (secondary N) is 2. The lowest BCUT2D eigenvalue weighted by Gasteiger charge is -2.26. The molecule has 0 radical (unpaired) electrons. The predicted octanol–water partition coefficient (Wildman–Crippen LogP) is 4.78. The van der Waals surface area contributed by atoms with E-state index in [1.165, 1.54) is 9.80 Å². The van der Waals surface area contributed by atoms with Gasteiger partial charge in [-0.2, -0.15) is 0 Å². The molecular weight excluding hydrogens is 570 g/mol. The van der Waals surface area contributed by atoms with Gasteiger partial charge in [-0.25, -0.2) is 4.79 Å². The number of hydrogen-bond donors (Lipinski definition) is 2. The van der Waals surface area contributed by atoms with Crippen molar-refractivity contribution in [3.05, 3.63) is 114 Å². The number of anilines is 4. The SMILES string of the molecule is Cc1cccc(NC(=O)NCC(=O)N(CC(=O)N(C)c2ccccc2)c2cccc(OCC(=O)N3CCc4ccccc43)c2)c1. The molecule has 10 heteroatoms. The van der Waals surface area contributed by atoms with Crippen molar-refractivity contribution < 1.29 is 23.9 Å². The first-order valence-electron chi connectivity index (χ1n) is 14.6. The molecule has 5 rings (SSSR count). The smallest absolute Gasteiger partial charge is 0.319 e. The number of urea groups is 1. The molecule has 1 aliphatic heterocycles. The van der Waals surface area contributed by atoms with E-state index in [9.17, 15) is 19.2 Å². The van der Waals surface area contributed by atoms with Gasteiger partial charge in [-0.1, -0.05) is 54.6 Å². The molecule has 230 valence electrons. The number of benzene rings is 4. The first-order chi connectivity index (χ1) is 21.8. The zero-order valence-corrected chi connectivity index (χ0v) is 25.2. The van der Waals surface area contributed by atoms with Crippen LogP contribution in [0.15, 0.2) is 103 Å². The molecule has 0 aromatic heterocycles. The maximum absolute atomic E-state index is 13.5. The van der Waals surface area contributed by atoms with Gasteiger partial charge < -0.3 is 30.1 Å². The minimum atomic E-state index is -0.555. The van der Waals surface area contributed by atoms with E-state index in [0.717, 1.165) is 23.2 Å². The Kier molecular flexibility index (Phi) is 9.74. The summed E-state index contributed by atoms with van der Waals surface area (Å²) in [6.07, 6.45) is 0.789. The quantitative estimate of drug-likeness (QED) is 0.270. The van der Waals surface area contributed by atoms with Gasteiger partial charge >= 0.3 is 6.03 Å². The minimum Gasteiger partial charge on any atom is -0.484 e.